The zero-order chi connectivity index (χ0) is 28.2. The molecule has 0 saturated carbocycles. The van der Waals surface area contributed by atoms with Crippen molar-refractivity contribution in [3.05, 3.63) is 104 Å². The number of halogens is 1. The van der Waals surface area contributed by atoms with Crippen LogP contribution in [-0.4, -0.2) is 40.7 Å². The molecule has 40 heavy (non-hydrogen) atoms. The number of carbonyl (C=O) groups excluding carboxylic acids is 1. The minimum Gasteiger partial charge on any atom is -0.493 e. The number of ether oxygens (including phenoxy) is 2. The van der Waals surface area contributed by atoms with E-state index in [9.17, 15) is 14.7 Å². The van der Waals surface area contributed by atoms with E-state index in [0.29, 0.717) is 40.4 Å². The van der Waals surface area contributed by atoms with Crippen LogP contribution in [0.4, 0.5) is 5.69 Å². The Labute approximate surface area is 249 Å². The quantitative estimate of drug-likeness (QED) is 0.157. The van der Waals surface area contributed by atoms with Crippen molar-refractivity contribution in [3.63, 3.8) is 0 Å². The Morgan fingerprint density at radius 3 is 2.62 bits per heavy atom. The van der Waals surface area contributed by atoms with Crippen LogP contribution >= 0.6 is 34.4 Å². The SMILES string of the molecule is CCN1C(=O)C(=Cc2cc(I)c(OCc3cccc4ccccc34)c(OC)c2)SC1=Nc1cccc(C(=O)O)c1. The van der Waals surface area contributed by atoms with E-state index in [1.807, 2.05) is 43.3 Å². The normalized spacial score (nSPS) is 15.3. The molecule has 0 aliphatic carbocycles. The van der Waals surface area contributed by atoms with Crippen molar-refractivity contribution in [2.75, 3.05) is 13.7 Å². The largest absolute Gasteiger partial charge is 0.493 e. The van der Waals surface area contributed by atoms with E-state index in [0.717, 1.165) is 25.5 Å². The molecule has 9 heteroatoms. The first-order chi connectivity index (χ1) is 19.4. The van der Waals surface area contributed by atoms with Gasteiger partial charge in [0.15, 0.2) is 16.7 Å². The number of benzene rings is 4. The molecule has 1 N–H and O–H groups in total. The van der Waals surface area contributed by atoms with Gasteiger partial charge in [0.25, 0.3) is 5.91 Å². The molecule has 1 saturated heterocycles. The smallest absolute Gasteiger partial charge is 0.335 e. The van der Waals surface area contributed by atoms with Crippen LogP contribution in [-0.2, 0) is 11.4 Å². The van der Waals surface area contributed by atoms with E-state index in [-0.39, 0.29) is 11.5 Å². The number of methoxy groups -OCH3 is 1. The lowest BCUT2D eigenvalue weighted by atomic mass is 10.1. The molecule has 4 aromatic rings. The molecule has 1 amide bonds. The van der Waals surface area contributed by atoms with Gasteiger partial charge in [-0.2, -0.15) is 0 Å². The third-order valence-electron chi connectivity index (χ3n) is 6.32. The fourth-order valence-electron chi connectivity index (χ4n) is 4.37. The minimum atomic E-state index is -1.03. The Morgan fingerprint density at radius 2 is 1.85 bits per heavy atom. The average molecular weight is 665 g/mol. The van der Waals surface area contributed by atoms with Gasteiger partial charge in [-0.1, -0.05) is 48.5 Å². The number of rotatable bonds is 8. The van der Waals surface area contributed by atoms with Crippen molar-refractivity contribution in [3.8, 4) is 11.5 Å². The summed E-state index contributed by atoms with van der Waals surface area (Å²) in [5, 5.41) is 12.1. The molecule has 0 spiro atoms. The predicted octanol–water partition coefficient (Wildman–Crippen LogP) is 7.35. The molecule has 1 aliphatic rings. The number of amides is 1. The summed E-state index contributed by atoms with van der Waals surface area (Å²) >= 11 is 3.47. The second-order valence-electron chi connectivity index (χ2n) is 8.87. The Morgan fingerprint density at radius 1 is 1.07 bits per heavy atom. The first-order valence-electron chi connectivity index (χ1n) is 12.5. The Bertz CT molecular complexity index is 1680. The lowest BCUT2D eigenvalue weighted by Crippen LogP contribution is -2.28. The van der Waals surface area contributed by atoms with Crippen LogP contribution in [0.2, 0.25) is 0 Å². The number of aromatic carboxylic acids is 1. The van der Waals surface area contributed by atoms with Gasteiger partial charge in [-0.05, 0) is 99.6 Å². The Hall–Kier alpha value is -3.83. The number of carboxylic acid groups (broad SMARTS) is 1. The van der Waals surface area contributed by atoms with Crippen molar-refractivity contribution in [2.45, 2.75) is 13.5 Å². The van der Waals surface area contributed by atoms with Crippen molar-refractivity contribution in [1.29, 1.82) is 0 Å². The van der Waals surface area contributed by atoms with Crippen molar-refractivity contribution in [2.24, 2.45) is 4.99 Å². The Balaban J connectivity index is 1.41. The second kappa shape index (κ2) is 12.1. The van der Waals surface area contributed by atoms with E-state index >= 15 is 0 Å². The average Bonchev–Trinajstić information content (AvgIpc) is 3.25. The molecule has 0 atom stereocenters. The van der Waals surface area contributed by atoms with Crippen LogP contribution in [0.5, 0.6) is 11.5 Å². The van der Waals surface area contributed by atoms with Crippen molar-refractivity contribution in [1.82, 2.24) is 4.90 Å². The second-order valence-corrected chi connectivity index (χ2v) is 11.0. The van der Waals surface area contributed by atoms with Gasteiger partial charge < -0.3 is 14.6 Å². The summed E-state index contributed by atoms with van der Waals surface area (Å²) in [6.45, 7) is 2.69. The monoisotopic (exact) mass is 664 g/mol. The van der Waals surface area contributed by atoms with Gasteiger partial charge in [-0.15, -0.1) is 0 Å². The number of fused-ring (bicyclic) bond motifs is 1. The summed E-state index contributed by atoms with van der Waals surface area (Å²) in [6.07, 6.45) is 1.81. The molecular formula is C31H25IN2O5S. The van der Waals surface area contributed by atoms with Crippen LogP contribution in [0, 0.1) is 3.57 Å². The molecule has 4 aromatic carbocycles. The summed E-state index contributed by atoms with van der Waals surface area (Å²) < 4.78 is 12.8. The number of likely N-dealkylation sites (N-methyl/N-ethyl adjacent to an activating group) is 1. The molecular weight excluding hydrogens is 639 g/mol. The van der Waals surface area contributed by atoms with Gasteiger partial charge in [-0.25, -0.2) is 9.79 Å². The number of aliphatic imine (C=N–C) groups is 1. The zero-order valence-electron chi connectivity index (χ0n) is 21.8. The van der Waals surface area contributed by atoms with Gasteiger partial charge in [-0.3, -0.25) is 9.69 Å². The third kappa shape index (κ3) is 5.85. The van der Waals surface area contributed by atoms with Gasteiger partial charge >= 0.3 is 5.97 Å². The maximum absolute atomic E-state index is 13.2. The maximum Gasteiger partial charge on any atom is 0.335 e. The van der Waals surface area contributed by atoms with E-state index in [1.54, 1.807) is 24.1 Å². The van der Waals surface area contributed by atoms with Gasteiger partial charge in [0.05, 0.1) is 26.8 Å². The highest BCUT2D eigenvalue weighted by Crippen LogP contribution is 2.38. The standard InChI is InChI=1S/C31H25IN2O5S/c1-3-34-29(35)27(40-31(34)33-23-12-7-10-21(17-23)30(36)37)16-19-14-25(32)28(26(15-19)38-2)39-18-22-11-6-9-20-8-4-5-13-24(20)22/h4-17H,3,18H2,1-2H3,(H,36,37). The molecule has 5 rings (SSSR count). The maximum atomic E-state index is 13.2. The van der Waals surface area contributed by atoms with E-state index in [1.165, 1.54) is 23.9 Å². The minimum absolute atomic E-state index is 0.138. The molecule has 0 radical (unpaired) electrons. The number of hydrogen-bond acceptors (Lipinski definition) is 6. The highest BCUT2D eigenvalue weighted by Gasteiger charge is 2.32. The first-order valence-corrected chi connectivity index (χ1v) is 14.4. The van der Waals surface area contributed by atoms with Crippen LogP contribution in [0.3, 0.4) is 0 Å². The topological polar surface area (TPSA) is 88.4 Å². The third-order valence-corrected chi connectivity index (χ3v) is 8.13. The number of amidine groups is 1. The van der Waals surface area contributed by atoms with Crippen molar-refractivity contribution >= 4 is 73.9 Å². The highest BCUT2D eigenvalue weighted by molar-refractivity contribution is 14.1. The summed E-state index contributed by atoms with van der Waals surface area (Å²) in [5.41, 5.74) is 2.48. The van der Waals surface area contributed by atoms with Crippen LogP contribution in [0.1, 0.15) is 28.4 Å². The highest BCUT2D eigenvalue weighted by atomic mass is 127. The van der Waals surface area contributed by atoms with Crippen molar-refractivity contribution < 1.29 is 24.2 Å². The molecule has 0 bridgehead atoms. The van der Waals surface area contributed by atoms with Crippen LogP contribution < -0.4 is 9.47 Å². The number of thioether (sulfide) groups is 1. The molecule has 1 heterocycles. The number of hydrogen-bond donors (Lipinski definition) is 1. The number of carbonyl (C=O) groups is 2. The number of carboxylic acids is 1. The lowest BCUT2D eigenvalue weighted by molar-refractivity contribution is -0.122. The molecule has 202 valence electrons. The van der Waals surface area contributed by atoms with E-state index in [2.05, 4.69) is 51.8 Å². The van der Waals surface area contributed by atoms with Crippen LogP contribution in [0.25, 0.3) is 16.8 Å². The van der Waals surface area contributed by atoms with Crippen LogP contribution in [0.15, 0.2) is 88.8 Å². The predicted molar refractivity (Wildman–Crippen MR) is 167 cm³/mol. The molecule has 7 nitrogen and oxygen atoms in total. The molecule has 1 fully saturated rings. The van der Waals surface area contributed by atoms with Gasteiger partial charge in [0, 0.05) is 6.54 Å². The summed E-state index contributed by atoms with van der Waals surface area (Å²) in [5.74, 6) is 0.0182. The molecule has 0 aromatic heterocycles. The fraction of sp³-hybridized carbons (Fsp3) is 0.129. The van der Waals surface area contributed by atoms with E-state index in [4.69, 9.17) is 9.47 Å². The van der Waals surface area contributed by atoms with Gasteiger partial charge in [0.1, 0.15) is 6.61 Å². The summed E-state index contributed by atoms with van der Waals surface area (Å²) in [7, 11) is 1.59. The Kier molecular flexibility index (Phi) is 8.41. The molecule has 0 unspecified atom stereocenters. The number of nitrogens with zero attached hydrogens (tertiary/aromatic N) is 2. The van der Waals surface area contributed by atoms with Gasteiger partial charge in [0.2, 0.25) is 0 Å². The summed E-state index contributed by atoms with van der Waals surface area (Å²) in [6, 6.07) is 24.5. The van der Waals surface area contributed by atoms with E-state index < -0.39 is 5.97 Å². The lowest BCUT2D eigenvalue weighted by Gasteiger charge is -2.15. The zero-order valence-corrected chi connectivity index (χ0v) is 24.7. The fourth-order valence-corrected chi connectivity index (χ4v) is 6.22. The molecule has 1 aliphatic heterocycles. The summed E-state index contributed by atoms with van der Waals surface area (Å²) in [4.78, 5) is 31.2. The first kappa shape index (κ1) is 27.7.